The van der Waals surface area contributed by atoms with E-state index in [4.69, 9.17) is 16.3 Å². The largest absolute Gasteiger partial charge is 0.465 e. The van der Waals surface area contributed by atoms with Crippen LogP contribution >= 0.6 is 11.6 Å². The van der Waals surface area contributed by atoms with E-state index in [0.717, 1.165) is 30.2 Å². The monoisotopic (exact) mass is 515 g/mol. The average molecular weight is 516 g/mol. The van der Waals surface area contributed by atoms with Crippen molar-refractivity contribution >= 4 is 40.5 Å². The number of hydrogen-bond acceptors (Lipinski definition) is 4. The van der Waals surface area contributed by atoms with Crippen LogP contribution in [0.4, 0.5) is 9.59 Å². The fourth-order valence-corrected chi connectivity index (χ4v) is 6.30. The van der Waals surface area contributed by atoms with Crippen molar-refractivity contribution in [1.29, 1.82) is 0 Å². The van der Waals surface area contributed by atoms with Gasteiger partial charge in [0.15, 0.2) is 0 Å². The molecule has 4 fully saturated rings. The summed E-state index contributed by atoms with van der Waals surface area (Å²) in [6, 6.07) is 5.90. The molecule has 0 spiro atoms. The van der Waals surface area contributed by atoms with Crippen molar-refractivity contribution in [3.8, 4) is 0 Å². The summed E-state index contributed by atoms with van der Waals surface area (Å²) in [5, 5.41) is 14.0. The van der Waals surface area contributed by atoms with Crippen LogP contribution < -0.4 is 5.32 Å². The summed E-state index contributed by atoms with van der Waals surface area (Å²) in [6.07, 6.45) is 3.70. The summed E-state index contributed by atoms with van der Waals surface area (Å²) in [6.45, 7) is 3.52. The Kier molecular flexibility index (Phi) is 5.95. The van der Waals surface area contributed by atoms with Crippen LogP contribution in [-0.2, 0) is 9.53 Å². The first-order chi connectivity index (χ1) is 17.4. The Bertz CT molecular complexity index is 1200. The second-order valence-corrected chi connectivity index (χ2v) is 10.7. The highest BCUT2D eigenvalue weighted by atomic mass is 35.5. The van der Waals surface area contributed by atoms with E-state index in [0.29, 0.717) is 50.2 Å². The Hall–Kier alpha value is -2.98. The molecule has 2 atom stereocenters. The van der Waals surface area contributed by atoms with Gasteiger partial charge in [0.1, 0.15) is 6.61 Å². The van der Waals surface area contributed by atoms with Crippen molar-refractivity contribution in [2.45, 2.75) is 43.4 Å². The Labute approximate surface area is 213 Å². The summed E-state index contributed by atoms with van der Waals surface area (Å²) in [7, 11) is 0. The molecule has 4 aliphatic heterocycles. The number of carboxylic acid groups (broad SMARTS) is 1. The Morgan fingerprint density at radius 3 is 2.53 bits per heavy atom. The van der Waals surface area contributed by atoms with Crippen molar-refractivity contribution in [3.05, 3.63) is 35.0 Å². The lowest BCUT2D eigenvalue weighted by molar-refractivity contribution is -0.139. The molecule has 2 aromatic rings. The van der Waals surface area contributed by atoms with Gasteiger partial charge in [-0.3, -0.25) is 4.79 Å². The summed E-state index contributed by atoms with van der Waals surface area (Å²) in [5.74, 6) is 0.173. The molecular formula is C25H30ClN5O5. The zero-order valence-corrected chi connectivity index (χ0v) is 20.7. The van der Waals surface area contributed by atoms with Crippen molar-refractivity contribution in [1.82, 2.24) is 24.6 Å². The van der Waals surface area contributed by atoms with Gasteiger partial charge >= 0.3 is 12.1 Å². The molecule has 6 rings (SSSR count). The number of nitrogens with one attached hydrogen (secondary N) is 1. The number of hydrogen-bond donors (Lipinski definition) is 2. The molecule has 1 aromatic carbocycles. The molecule has 0 radical (unpaired) electrons. The highest BCUT2D eigenvalue weighted by molar-refractivity contribution is 6.31. The normalized spacial score (nSPS) is 25.5. The van der Waals surface area contributed by atoms with Crippen LogP contribution in [0.2, 0.25) is 5.02 Å². The van der Waals surface area contributed by atoms with Crippen LogP contribution in [0.5, 0.6) is 0 Å². The molecule has 0 aliphatic carbocycles. The molecule has 1 aromatic heterocycles. The van der Waals surface area contributed by atoms with Crippen molar-refractivity contribution in [2.75, 3.05) is 45.9 Å². The van der Waals surface area contributed by atoms with Gasteiger partial charge in [-0.15, -0.1) is 0 Å². The van der Waals surface area contributed by atoms with Crippen molar-refractivity contribution in [3.63, 3.8) is 0 Å². The molecular weight excluding hydrogens is 486 g/mol. The molecule has 36 heavy (non-hydrogen) atoms. The average Bonchev–Trinajstić information content (AvgIpc) is 3.20. The molecule has 11 heteroatoms. The van der Waals surface area contributed by atoms with E-state index in [9.17, 15) is 19.5 Å². The highest BCUT2D eigenvalue weighted by Gasteiger charge is 2.38. The summed E-state index contributed by atoms with van der Waals surface area (Å²) in [4.78, 5) is 41.4. The fraction of sp³-hybridized carbons (Fsp3) is 0.560. The molecule has 2 N–H and O–H groups in total. The van der Waals surface area contributed by atoms with Crippen LogP contribution in [0.1, 0.15) is 36.8 Å². The second-order valence-electron chi connectivity index (χ2n) is 10.3. The maximum atomic E-state index is 13.3. The SMILES string of the molecule is O=C1COC2CCN(C(=O)N3CCC(c4cn(C5CN(C(=O)O)C5)c5ccc(Cl)cc45)CC3)CC2N1. The van der Waals surface area contributed by atoms with Crippen LogP contribution in [0.15, 0.2) is 24.4 Å². The Morgan fingerprint density at radius 2 is 1.78 bits per heavy atom. The molecule has 10 nitrogen and oxygen atoms in total. The van der Waals surface area contributed by atoms with Gasteiger partial charge in [-0.25, -0.2) is 9.59 Å². The number of morpholine rings is 1. The first-order valence-electron chi connectivity index (χ1n) is 12.6. The minimum absolute atomic E-state index is 0.0140. The Morgan fingerprint density at radius 1 is 1.03 bits per heavy atom. The number of ether oxygens (including phenoxy) is 1. The maximum absolute atomic E-state index is 13.3. The van der Waals surface area contributed by atoms with Gasteiger partial charge in [0, 0.05) is 61.4 Å². The predicted octanol–water partition coefficient (Wildman–Crippen LogP) is 2.72. The van der Waals surface area contributed by atoms with E-state index in [1.165, 1.54) is 10.5 Å². The van der Waals surface area contributed by atoms with Gasteiger partial charge in [0.05, 0.1) is 18.2 Å². The van der Waals surface area contributed by atoms with Gasteiger partial charge in [0.25, 0.3) is 0 Å². The number of urea groups is 1. The fourth-order valence-electron chi connectivity index (χ4n) is 6.12. The number of carbonyl (C=O) groups excluding carboxylic acids is 2. The Balaban J connectivity index is 1.13. The summed E-state index contributed by atoms with van der Waals surface area (Å²) in [5.41, 5.74) is 2.29. The van der Waals surface area contributed by atoms with Gasteiger partial charge < -0.3 is 34.4 Å². The van der Waals surface area contributed by atoms with E-state index in [1.54, 1.807) is 0 Å². The third-order valence-electron chi connectivity index (χ3n) is 8.15. The standard InChI is InChI=1S/C25H30ClN5O5/c26-16-1-2-21-18(9-16)19(12-31(21)17-10-30(11-17)25(34)35)15-3-6-28(7-4-15)24(33)29-8-5-22-20(13-29)27-23(32)14-36-22/h1-2,9,12,15,17,20,22H,3-8,10-11,13-14H2,(H,27,32)(H,34,35). The number of aromatic nitrogens is 1. The van der Waals surface area contributed by atoms with E-state index in [1.807, 2.05) is 28.0 Å². The first-order valence-corrected chi connectivity index (χ1v) is 13.0. The molecule has 0 bridgehead atoms. The third-order valence-corrected chi connectivity index (χ3v) is 8.39. The number of piperidine rings is 2. The lowest BCUT2D eigenvalue weighted by Gasteiger charge is -2.43. The van der Waals surface area contributed by atoms with Crippen LogP contribution in [0, 0.1) is 0 Å². The van der Waals surface area contributed by atoms with E-state index < -0.39 is 6.09 Å². The molecule has 0 saturated carbocycles. The predicted molar refractivity (Wildman–Crippen MR) is 132 cm³/mol. The van der Waals surface area contributed by atoms with Crippen LogP contribution in [-0.4, -0.2) is 100 Å². The lowest BCUT2D eigenvalue weighted by Crippen LogP contribution is -2.62. The summed E-state index contributed by atoms with van der Waals surface area (Å²) < 4.78 is 7.81. The molecule has 4 aliphatic rings. The number of nitrogens with zero attached hydrogens (tertiary/aromatic N) is 4. The zero-order chi connectivity index (χ0) is 25.0. The lowest BCUT2D eigenvalue weighted by atomic mass is 9.89. The molecule has 5 heterocycles. The highest BCUT2D eigenvalue weighted by Crippen LogP contribution is 2.38. The molecule has 192 valence electrons. The minimum Gasteiger partial charge on any atom is -0.465 e. The van der Waals surface area contributed by atoms with Crippen molar-refractivity contribution in [2.24, 2.45) is 0 Å². The van der Waals surface area contributed by atoms with Gasteiger partial charge in [-0.05, 0) is 48.9 Å². The number of likely N-dealkylation sites (tertiary alicyclic amines) is 3. The van der Waals surface area contributed by atoms with Gasteiger partial charge in [0.2, 0.25) is 5.91 Å². The number of fused-ring (bicyclic) bond motifs is 2. The minimum atomic E-state index is -0.884. The topological polar surface area (TPSA) is 107 Å². The number of amides is 4. The molecule has 4 saturated heterocycles. The van der Waals surface area contributed by atoms with Crippen molar-refractivity contribution < 1.29 is 24.2 Å². The van der Waals surface area contributed by atoms with Crippen LogP contribution in [0.25, 0.3) is 10.9 Å². The number of benzene rings is 1. The van der Waals surface area contributed by atoms with Crippen LogP contribution in [0.3, 0.4) is 0 Å². The van der Waals surface area contributed by atoms with Gasteiger partial charge in [-0.2, -0.15) is 0 Å². The molecule has 4 amide bonds. The number of rotatable bonds is 2. The smallest absolute Gasteiger partial charge is 0.407 e. The van der Waals surface area contributed by atoms with Gasteiger partial charge in [-0.1, -0.05) is 11.6 Å². The quantitative estimate of drug-likeness (QED) is 0.639. The zero-order valence-electron chi connectivity index (χ0n) is 19.9. The van der Waals surface area contributed by atoms with E-state index >= 15 is 0 Å². The number of halogens is 1. The third kappa shape index (κ3) is 4.16. The number of carbonyl (C=O) groups is 3. The van der Waals surface area contributed by atoms with E-state index in [2.05, 4.69) is 16.1 Å². The summed E-state index contributed by atoms with van der Waals surface area (Å²) >= 11 is 6.35. The second kappa shape index (κ2) is 9.15. The van der Waals surface area contributed by atoms with E-state index in [-0.39, 0.29) is 36.7 Å². The maximum Gasteiger partial charge on any atom is 0.407 e. The first kappa shape index (κ1) is 23.4. The molecule has 2 unspecified atom stereocenters.